The largest absolute Gasteiger partial charge is 0.353 e. The zero-order valence-corrected chi connectivity index (χ0v) is 15.7. The number of nitrogens with zero attached hydrogens (tertiary/aromatic N) is 3. The Balaban J connectivity index is 1.62. The van der Waals surface area contributed by atoms with E-state index in [1.165, 1.54) is 0 Å². The van der Waals surface area contributed by atoms with E-state index in [4.69, 9.17) is 0 Å². The molecule has 0 unspecified atom stereocenters. The highest BCUT2D eigenvalue weighted by atomic mass is 16.2. The number of hydrogen-bond acceptors (Lipinski definition) is 3. The van der Waals surface area contributed by atoms with Crippen molar-refractivity contribution in [3.05, 3.63) is 47.3 Å². The number of piperazine rings is 1. The van der Waals surface area contributed by atoms with E-state index < -0.39 is 0 Å². The minimum Gasteiger partial charge on any atom is -0.353 e. The van der Waals surface area contributed by atoms with Crippen molar-refractivity contribution in [2.24, 2.45) is 0 Å². The molecule has 1 atom stereocenters. The first-order valence-corrected chi connectivity index (χ1v) is 9.19. The van der Waals surface area contributed by atoms with E-state index in [1.807, 2.05) is 55.8 Å². The van der Waals surface area contributed by atoms with E-state index in [2.05, 4.69) is 10.4 Å². The number of hydrogen-bond donors (Lipinski definition) is 1. The Labute approximate surface area is 154 Å². The van der Waals surface area contributed by atoms with Gasteiger partial charge in [0.2, 0.25) is 11.8 Å². The van der Waals surface area contributed by atoms with Crippen LogP contribution in [-0.4, -0.2) is 45.6 Å². The molecular formula is C20H26N4O2. The van der Waals surface area contributed by atoms with E-state index in [0.29, 0.717) is 32.4 Å². The van der Waals surface area contributed by atoms with Crippen LogP contribution in [0.25, 0.3) is 5.69 Å². The van der Waals surface area contributed by atoms with Crippen LogP contribution >= 0.6 is 0 Å². The van der Waals surface area contributed by atoms with Crippen LogP contribution in [0.2, 0.25) is 0 Å². The van der Waals surface area contributed by atoms with Crippen LogP contribution in [0.1, 0.15) is 36.7 Å². The number of carbonyl (C=O) groups is 2. The normalized spacial score (nSPS) is 17.3. The summed E-state index contributed by atoms with van der Waals surface area (Å²) in [6, 6.07) is 9.86. The van der Waals surface area contributed by atoms with Crippen molar-refractivity contribution in [3.63, 3.8) is 0 Å². The van der Waals surface area contributed by atoms with Crippen molar-refractivity contribution in [1.82, 2.24) is 20.0 Å². The third-order valence-electron chi connectivity index (χ3n) is 4.86. The topological polar surface area (TPSA) is 67.2 Å². The zero-order valence-electron chi connectivity index (χ0n) is 15.7. The minimum atomic E-state index is -0.329. The maximum Gasteiger partial charge on any atom is 0.242 e. The fourth-order valence-electron chi connectivity index (χ4n) is 3.51. The van der Waals surface area contributed by atoms with Crippen molar-refractivity contribution < 1.29 is 9.59 Å². The van der Waals surface area contributed by atoms with E-state index in [1.54, 1.807) is 4.90 Å². The molecule has 0 saturated carbocycles. The molecule has 1 aliphatic rings. The molecule has 0 aliphatic carbocycles. The molecule has 0 radical (unpaired) electrons. The predicted molar refractivity (Wildman–Crippen MR) is 100 cm³/mol. The van der Waals surface area contributed by atoms with Crippen molar-refractivity contribution in [1.29, 1.82) is 0 Å². The van der Waals surface area contributed by atoms with Gasteiger partial charge in [0.05, 0.1) is 11.4 Å². The van der Waals surface area contributed by atoms with Crippen molar-refractivity contribution >= 4 is 11.8 Å². The van der Waals surface area contributed by atoms with Gasteiger partial charge >= 0.3 is 0 Å². The first-order chi connectivity index (χ1) is 12.5. The Morgan fingerprint density at radius 2 is 2.00 bits per heavy atom. The summed E-state index contributed by atoms with van der Waals surface area (Å²) >= 11 is 0. The molecule has 1 aromatic heterocycles. The lowest BCUT2D eigenvalue weighted by atomic mass is 10.1. The van der Waals surface area contributed by atoms with Crippen LogP contribution in [-0.2, 0) is 16.0 Å². The van der Waals surface area contributed by atoms with E-state index in [-0.39, 0.29) is 17.9 Å². The summed E-state index contributed by atoms with van der Waals surface area (Å²) in [7, 11) is 0. The van der Waals surface area contributed by atoms with E-state index in [0.717, 1.165) is 22.6 Å². The number of benzene rings is 1. The maximum absolute atomic E-state index is 12.6. The lowest BCUT2D eigenvalue weighted by Crippen LogP contribution is -2.56. The van der Waals surface area contributed by atoms with Crippen LogP contribution in [0.15, 0.2) is 30.3 Å². The summed E-state index contributed by atoms with van der Waals surface area (Å²) in [6.45, 7) is 7.09. The van der Waals surface area contributed by atoms with Gasteiger partial charge in [-0.15, -0.1) is 0 Å². The highest BCUT2D eigenvalue weighted by molar-refractivity contribution is 5.88. The van der Waals surface area contributed by atoms with Gasteiger partial charge < -0.3 is 10.2 Å². The number of aromatic nitrogens is 2. The van der Waals surface area contributed by atoms with Gasteiger partial charge in [0.15, 0.2) is 0 Å². The predicted octanol–water partition coefficient (Wildman–Crippen LogP) is 2.16. The first kappa shape index (κ1) is 18.2. The standard InChI is InChI=1S/C20H26N4O2/c1-4-18-20(26)21-11-12-23(18)19(25)10-7-16-5-8-17(9-6-16)24-15(3)13-14(2)22-24/h5-6,8-9,13,18H,4,7,10-12H2,1-3H3,(H,21,26)/t18-/m0/s1. The van der Waals surface area contributed by atoms with Gasteiger partial charge in [0.1, 0.15) is 6.04 Å². The SMILES string of the molecule is CC[C@H]1C(=O)NCCN1C(=O)CCc1ccc(-n2nc(C)cc2C)cc1. The molecule has 26 heavy (non-hydrogen) atoms. The highest BCUT2D eigenvalue weighted by Gasteiger charge is 2.30. The van der Waals surface area contributed by atoms with Crippen LogP contribution in [0.5, 0.6) is 0 Å². The van der Waals surface area contributed by atoms with Crippen LogP contribution in [0, 0.1) is 13.8 Å². The van der Waals surface area contributed by atoms with E-state index >= 15 is 0 Å². The summed E-state index contributed by atoms with van der Waals surface area (Å²) in [5, 5.41) is 7.32. The second-order valence-corrected chi connectivity index (χ2v) is 6.81. The maximum atomic E-state index is 12.6. The molecule has 0 bridgehead atoms. The van der Waals surface area contributed by atoms with Crippen molar-refractivity contribution in [2.45, 2.75) is 46.1 Å². The molecule has 2 heterocycles. The van der Waals surface area contributed by atoms with Gasteiger partial charge in [0, 0.05) is 25.2 Å². The number of rotatable bonds is 5. The zero-order chi connectivity index (χ0) is 18.7. The molecule has 0 spiro atoms. The van der Waals surface area contributed by atoms with Gasteiger partial charge in [0.25, 0.3) is 0 Å². The summed E-state index contributed by atoms with van der Waals surface area (Å²) < 4.78 is 1.92. The molecule has 6 nitrogen and oxygen atoms in total. The second kappa shape index (κ2) is 7.72. The first-order valence-electron chi connectivity index (χ1n) is 9.19. The van der Waals surface area contributed by atoms with Crippen molar-refractivity contribution in [3.8, 4) is 5.69 Å². The average molecular weight is 354 g/mol. The smallest absolute Gasteiger partial charge is 0.242 e. The molecule has 1 fully saturated rings. The van der Waals surface area contributed by atoms with Gasteiger partial charge in [-0.25, -0.2) is 4.68 Å². The van der Waals surface area contributed by atoms with Crippen LogP contribution in [0.4, 0.5) is 0 Å². The average Bonchev–Trinajstić information content (AvgIpc) is 2.98. The lowest BCUT2D eigenvalue weighted by Gasteiger charge is -2.34. The Bertz CT molecular complexity index is 795. The summed E-state index contributed by atoms with van der Waals surface area (Å²) in [4.78, 5) is 26.2. The fraction of sp³-hybridized carbons (Fsp3) is 0.450. The molecular weight excluding hydrogens is 328 g/mol. The number of aryl methyl sites for hydroxylation is 3. The molecule has 1 aliphatic heterocycles. The molecule has 1 aromatic carbocycles. The van der Waals surface area contributed by atoms with E-state index in [9.17, 15) is 9.59 Å². The highest BCUT2D eigenvalue weighted by Crippen LogP contribution is 2.16. The Kier molecular flexibility index (Phi) is 5.40. The third kappa shape index (κ3) is 3.79. The summed E-state index contributed by atoms with van der Waals surface area (Å²) in [5.74, 6) is 0.00987. The number of carbonyl (C=O) groups excluding carboxylic acids is 2. The molecule has 2 amide bonds. The van der Waals surface area contributed by atoms with Gasteiger partial charge in [-0.2, -0.15) is 5.10 Å². The summed E-state index contributed by atoms with van der Waals surface area (Å²) in [6.07, 6.45) is 1.74. The molecule has 1 saturated heterocycles. The Morgan fingerprint density at radius 3 is 2.62 bits per heavy atom. The second-order valence-electron chi connectivity index (χ2n) is 6.81. The summed E-state index contributed by atoms with van der Waals surface area (Å²) in [5.41, 5.74) is 4.22. The van der Waals surface area contributed by atoms with Gasteiger partial charge in [-0.05, 0) is 50.5 Å². The lowest BCUT2D eigenvalue weighted by molar-refractivity contribution is -0.143. The monoisotopic (exact) mass is 354 g/mol. The molecule has 3 rings (SSSR count). The number of amides is 2. The third-order valence-corrected chi connectivity index (χ3v) is 4.86. The van der Waals surface area contributed by atoms with Crippen molar-refractivity contribution in [2.75, 3.05) is 13.1 Å². The quantitative estimate of drug-likeness (QED) is 0.895. The van der Waals surface area contributed by atoms with Gasteiger partial charge in [-0.1, -0.05) is 19.1 Å². The Morgan fingerprint density at radius 1 is 1.27 bits per heavy atom. The minimum absolute atomic E-state index is 0.0404. The van der Waals surface area contributed by atoms with Crippen LogP contribution in [0.3, 0.4) is 0 Å². The molecule has 1 N–H and O–H groups in total. The molecule has 2 aromatic rings. The molecule has 6 heteroatoms. The van der Waals surface area contributed by atoms with Gasteiger partial charge in [-0.3, -0.25) is 9.59 Å². The van der Waals surface area contributed by atoms with Crippen LogP contribution < -0.4 is 5.32 Å². The molecule has 138 valence electrons. The number of nitrogens with one attached hydrogen (secondary N) is 1. The Hall–Kier alpha value is -2.63. The fourth-order valence-corrected chi connectivity index (χ4v) is 3.51.